The molecular weight excluding hydrogens is 360 g/mol. The van der Waals surface area contributed by atoms with Gasteiger partial charge in [-0.3, -0.25) is 9.59 Å². The van der Waals surface area contributed by atoms with E-state index < -0.39 is 5.97 Å². The van der Waals surface area contributed by atoms with Crippen LogP contribution in [0.3, 0.4) is 0 Å². The van der Waals surface area contributed by atoms with Gasteiger partial charge in [-0.1, -0.05) is 18.2 Å². The van der Waals surface area contributed by atoms with E-state index >= 15 is 0 Å². The third-order valence-corrected chi connectivity index (χ3v) is 4.31. The minimum Gasteiger partial charge on any atom is -0.484 e. The Bertz CT molecular complexity index is 859. The molecule has 1 aliphatic rings. The van der Waals surface area contributed by atoms with Crippen LogP contribution in [-0.4, -0.2) is 42.1 Å². The van der Waals surface area contributed by atoms with Crippen LogP contribution in [0.15, 0.2) is 48.5 Å². The van der Waals surface area contributed by atoms with Crippen molar-refractivity contribution in [3.63, 3.8) is 0 Å². The normalized spacial score (nSPS) is 12.9. The number of nitrogens with one attached hydrogen (secondary N) is 2. The molecule has 3 rings (SSSR count). The van der Waals surface area contributed by atoms with E-state index in [9.17, 15) is 14.4 Å². The second-order valence-electron chi connectivity index (χ2n) is 6.67. The van der Waals surface area contributed by atoms with E-state index in [2.05, 4.69) is 10.6 Å². The van der Waals surface area contributed by atoms with Crippen LogP contribution >= 0.6 is 0 Å². The molecule has 0 spiro atoms. The molecule has 1 aliphatic carbocycles. The number of amides is 2. The van der Waals surface area contributed by atoms with Gasteiger partial charge in [0.2, 0.25) is 0 Å². The van der Waals surface area contributed by atoms with Crippen molar-refractivity contribution in [2.75, 3.05) is 13.2 Å². The maximum atomic E-state index is 12.1. The van der Waals surface area contributed by atoms with Gasteiger partial charge in [0, 0.05) is 18.2 Å². The predicted octanol–water partition coefficient (Wildman–Crippen LogP) is 2.01. The number of carboxylic acids is 1. The van der Waals surface area contributed by atoms with Crippen molar-refractivity contribution in [1.82, 2.24) is 10.6 Å². The van der Waals surface area contributed by atoms with Crippen molar-refractivity contribution in [3.8, 4) is 5.75 Å². The van der Waals surface area contributed by atoms with Crippen LogP contribution in [0.1, 0.15) is 39.1 Å². The zero-order valence-electron chi connectivity index (χ0n) is 15.3. The third kappa shape index (κ3) is 5.84. The number of carbonyl (C=O) groups excluding carboxylic acids is 2. The lowest BCUT2D eigenvalue weighted by atomic mass is 10.1. The molecule has 7 heteroatoms. The first kappa shape index (κ1) is 19.4. The lowest BCUT2D eigenvalue weighted by molar-refractivity contribution is -0.123. The molecule has 0 aliphatic heterocycles. The van der Waals surface area contributed by atoms with Crippen LogP contribution < -0.4 is 15.4 Å². The zero-order valence-corrected chi connectivity index (χ0v) is 15.3. The van der Waals surface area contributed by atoms with Crippen LogP contribution in [-0.2, 0) is 11.2 Å². The molecule has 0 atom stereocenters. The first-order valence-electron chi connectivity index (χ1n) is 9.14. The topological polar surface area (TPSA) is 105 Å². The van der Waals surface area contributed by atoms with Gasteiger partial charge in [0.25, 0.3) is 11.8 Å². The largest absolute Gasteiger partial charge is 0.484 e. The SMILES string of the molecule is O=C(COc1ccc(CCNC(=O)c2cccc(C(=O)O)c2)cc1)NC1CC1. The first-order valence-corrected chi connectivity index (χ1v) is 9.14. The molecule has 1 fully saturated rings. The fourth-order valence-corrected chi connectivity index (χ4v) is 2.61. The summed E-state index contributed by atoms with van der Waals surface area (Å²) in [6.07, 6.45) is 2.71. The second-order valence-corrected chi connectivity index (χ2v) is 6.67. The summed E-state index contributed by atoms with van der Waals surface area (Å²) in [5, 5.41) is 14.6. The zero-order chi connectivity index (χ0) is 19.9. The van der Waals surface area contributed by atoms with Crippen molar-refractivity contribution in [2.45, 2.75) is 25.3 Å². The van der Waals surface area contributed by atoms with Gasteiger partial charge in [-0.15, -0.1) is 0 Å². The summed E-state index contributed by atoms with van der Waals surface area (Å²) in [4.78, 5) is 34.7. The van der Waals surface area contributed by atoms with Gasteiger partial charge in [0.05, 0.1) is 5.56 Å². The number of ether oxygens (including phenoxy) is 1. The maximum Gasteiger partial charge on any atom is 0.335 e. The number of aromatic carboxylic acids is 1. The fourth-order valence-electron chi connectivity index (χ4n) is 2.61. The molecule has 0 unspecified atom stereocenters. The minimum absolute atomic E-state index is 0.00130. The Kier molecular flexibility index (Phi) is 6.26. The summed E-state index contributed by atoms with van der Waals surface area (Å²) in [5.74, 6) is -0.878. The monoisotopic (exact) mass is 382 g/mol. The Morgan fingerprint density at radius 3 is 2.43 bits per heavy atom. The van der Waals surface area contributed by atoms with E-state index in [0.29, 0.717) is 30.3 Å². The fraction of sp³-hybridized carbons (Fsp3) is 0.286. The van der Waals surface area contributed by atoms with Gasteiger partial charge in [-0.05, 0) is 55.2 Å². The van der Waals surface area contributed by atoms with E-state index in [0.717, 1.165) is 18.4 Å². The molecule has 0 saturated heterocycles. The lowest BCUT2D eigenvalue weighted by Gasteiger charge is -2.08. The van der Waals surface area contributed by atoms with E-state index in [-0.39, 0.29) is 24.0 Å². The molecule has 3 N–H and O–H groups in total. The summed E-state index contributed by atoms with van der Waals surface area (Å²) in [5.41, 5.74) is 1.40. The van der Waals surface area contributed by atoms with E-state index in [1.165, 1.54) is 12.1 Å². The summed E-state index contributed by atoms with van der Waals surface area (Å²) in [7, 11) is 0. The van der Waals surface area contributed by atoms with Gasteiger partial charge >= 0.3 is 5.97 Å². The predicted molar refractivity (Wildman–Crippen MR) is 103 cm³/mol. The van der Waals surface area contributed by atoms with Crippen LogP contribution in [0.25, 0.3) is 0 Å². The number of rotatable bonds is 9. The van der Waals surface area contributed by atoms with Crippen LogP contribution in [0.4, 0.5) is 0 Å². The van der Waals surface area contributed by atoms with Crippen molar-refractivity contribution < 1.29 is 24.2 Å². The molecule has 0 bridgehead atoms. The van der Waals surface area contributed by atoms with Crippen molar-refractivity contribution >= 4 is 17.8 Å². The summed E-state index contributed by atoms with van der Waals surface area (Å²) >= 11 is 0. The highest BCUT2D eigenvalue weighted by Crippen LogP contribution is 2.18. The Hall–Kier alpha value is -3.35. The van der Waals surface area contributed by atoms with Gasteiger partial charge in [-0.2, -0.15) is 0 Å². The highest BCUT2D eigenvalue weighted by Gasteiger charge is 2.23. The molecule has 0 radical (unpaired) electrons. The molecule has 2 amide bonds. The molecule has 1 saturated carbocycles. The number of carboxylic acid groups (broad SMARTS) is 1. The average Bonchev–Trinajstić information content (AvgIpc) is 3.51. The van der Waals surface area contributed by atoms with E-state index in [1.54, 1.807) is 24.3 Å². The number of carbonyl (C=O) groups is 3. The maximum absolute atomic E-state index is 12.1. The molecule has 28 heavy (non-hydrogen) atoms. The van der Waals surface area contributed by atoms with Gasteiger partial charge in [0.1, 0.15) is 5.75 Å². The van der Waals surface area contributed by atoms with E-state index in [1.807, 2.05) is 12.1 Å². The van der Waals surface area contributed by atoms with Crippen molar-refractivity contribution in [3.05, 3.63) is 65.2 Å². The van der Waals surface area contributed by atoms with Crippen LogP contribution in [0.2, 0.25) is 0 Å². The Morgan fingerprint density at radius 1 is 1.04 bits per heavy atom. The Balaban J connectivity index is 1.41. The van der Waals surface area contributed by atoms with Crippen LogP contribution in [0, 0.1) is 0 Å². The molecule has 0 heterocycles. The lowest BCUT2D eigenvalue weighted by Crippen LogP contribution is -2.30. The minimum atomic E-state index is -1.07. The highest BCUT2D eigenvalue weighted by molar-refractivity contribution is 5.97. The summed E-state index contributed by atoms with van der Waals surface area (Å²) in [6.45, 7) is 0.418. The van der Waals surface area contributed by atoms with Gasteiger partial charge < -0.3 is 20.5 Å². The van der Waals surface area contributed by atoms with Crippen molar-refractivity contribution in [2.24, 2.45) is 0 Å². The van der Waals surface area contributed by atoms with Crippen LogP contribution in [0.5, 0.6) is 5.75 Å². The number of benzene rings is 2. The molecule has 146 valence electrons. The summed E-state index contributed by atoms with van der Waals surface area (Å²) < 4.78 is 5.45. The third-order valence-electron chi connectivity index (χ3n) is 4.31. The van der Waals surface area contributed by atoms with Crippen molar-refractivity contribution in [1.29, 1.82) is 0 Å². The quantitative estimate of drug-likeness (QED) is 0.615. The first-order chi connectivity index (χ1) is 13.5. The molecule has 7 nitrogen and oxygen atoms in total. The highest BCUT2D eigenvalue weighted by atomic mass is 16.5. The standard InChI is InChI=1S/C21H22N2O5/c24-19(23-17-6-7-17)13-28-18-8-4-14(5-9-18)10-11-22-20(25)15-2-1-3-16(12-15)21(26)27/h1-5,8-9,12,17H,6-7,10-11,13H2,(H,22,25)(H,23,24)(H,26,27). The molecule has 2 aromatic carbocycles. The van der Waals surface area contributed by atoms with E-state index in [4.69, 9.17) is 9.84 Å². The smallest absolute Gasteiger partial charge is 0.335 e. The molecule has 2 aromatic rings. The molecular formula is C21H22N2O5. The average molecular weight is 382 g/mol. The van der Waals surface area contributed by atoms with Gasteiger partial charge in [0.15, 0.2) is 6.61 Å². The summed E-state index contributed by atoms with van der Waals surface area (Å²) in [6, 6.07) is 13.6. The Labute approximate surface area is 162 Å². The number of hydrogen-bond acceptors (Lipinski definition) is 4. The molecule has 0 aromatic heterocycles. The van der Waals surface area contributed by atoms with Gasteiger partial charge in [-0.25, -0.2) is 4.79 Å². The number of hydrogen-bond donors (Lipinski definition) is 3. The Morgan fingerprint density at radius 2 is 1.75 bits per heavy atom. The second kappa shape index (κ2) is 9.03.